The second-order valence-electron chi connectivity index (χ2n) is 7.80. The number of hydrogen-bond donors (Lipinski definition) is 0. The van der Waals surface area contributed by atoms with Crippen molar-refractivity contribution in [3.8, 4) is 11.6 Å². The SMILES string of the molecule is CCCOc1ccc(C(=O)CCC(=O)OCC(=O)c2cc(C)n(-c3cc(C)on3)c2C)cc1. The Hall–Kier alpha value is -3.68. The number of carbonyl (C=O) groups excluding carboxylic acids is 3. The molecular formula is C25H28N2O6. The van der Waals surface area contributed by atoms with E-state index < -0.39 is 12.6 Å². The molecule has 8 nitrogen and oxygen atoms in total. The Bertz CT molecular complexity index is 1140. The minimum absolute atomic E-state index is 0.00219. The summed E-state index contributed by atoms with van der Waals surface area (Å²) in [6.07, 6.45) is 0.803. The Labute approximate surface area is 192 Å². The smallest absolute Gasteiger partial charge is 0.306 e. The minimum Gasteiger partial charge on any atom is -0.494 e. The third-order valence-electron chi connectivity index (χ3n) is 5.15. The Morgan fingerprint density at radius 2 is 1.73 bits per heavy atom. The molecule has 2 aromatic heterocycles. The minimum atomic E-state index is -0.597. The van der Waals surface area contributed by atoms with Crippen molar-refractivity contribution in [3.63, 3.8) is 0 Å². The van der Waals surface area contributed by atoms with Gasteiger partial charge in [-0.05, 0) is 57.5 Å². The fourth-order valence-corrected chi connectivity index (χ4v) is 3.47. The Balaban J connectivity index is 1.51. The molecule has 0 aliphatic carbocycles. The lowest BCUT2D eigenvalue weighted by Gasteiger charge is -2.07. The molecule has 0 N–H and O–H groups in total. The third kappa shape index (κ3) is 5.97. The fraction of sp³-hybridized carbons (Fsp3) is 0.360. The molecule has 0 unspecified atom stereocenters. The zero-order valence-corrected chi connectivity index (χ0v) is 19.3. The van der Waals surface area contributed by atoms with Gasteiger partial charge in [0.25, 0.3) is 0 Å². The molecule has 3 rings (SSSR count). The molecule has 0 radical (unpaired) electrons. The summed E-state index contributed by atoms with van der Waals surface area (Å²) in [6, 6.07) is 10.3. The highest BCUT2D eigenvalue weighted by molar-refractivity contribution is 6.00. The van der Waals surface area contributed by atoms with Crippen molar-refractivity contribution in [2.45, 2.75) is 47.0 Å². The van der Waals surface area contributed by atoms with Crippen LogP contribution >= 0.6 is 0 Å². The molecule has 0 spiro atoms. The number of Topliss-reactive ketones (excluding diaryl/α,β-unsaturated/α-hetero) is 2. The third-order valence-corrected chi connectivity index (χ3v) is 5.15. The molecule has 0 amide bonds. The summed E-state index contributed by atoms with van der Waals surface area (Å²) in [6.45, 7) is 7.68. The first kappa shape index (κ1) is 24.0. The van der Waals surface area contributed by atoms with Crippen LogP contribution in [0.3, 0.4) is 0 Å². The van der Waals surface area contributed by atoms with Crippen molar-refractivity contribution < 1.29 is 28.4 Å². The number of nitrogens with zero attached hydrogens (tertiary/aromatic N) is 2. The van der Waals surface area contributed by atoms with E-state index in [0.717, 1.165) is 12.1 Å². The summed E-state index contributed by atoms with van der Waals surface area (Å²) in [5.74, 6) is 0.852. The molecule has 0 atom stereocenters. The van der Waals surface area contributed by atoms with Gasteiger partial charge in [0.1, 0.15) is 11.5 Å². The van der Waals surface area contributed by atoms with Crippen LogP contribution in [0, 0.1) is 20.8 Å². The molecule has 174 valence electrons. The summed E-state index contributed by atoms with van der Waals surface area (Å²) in [5, 5.41) is 3.99. The van der Waals surface area contributed by atoms with E-state index in [2.05, 4.69) is 5.16 Å². The lowest BCUT2D eigenvalue weighted by molar-refractivity contribution is -0.142. The Morgan fingerprint density at radius 3 is 2.36 bits per heavy atom. The zero-order valence-electron chi connectivity index (χ0n) is 19.3. The van der Waals surface area contributed by atoms with E-state index in [1.807, 2.05) is 18.4 Å². The maximum Gasteiger partial charge on any atom is 0.306 e. The summed E-state index contributed by atoms with van der Waals surface area (Å²) in [5.41, 5.74) is 2.44. The van der Waals surface area contributed by atoms with Crippen molar-refractivity contribution >= 4 is 17.5 Å². The van der Waals surface area contributed by atoms with Gasteiger partial charge in [-0.2, -0.15) is 0 Å². The number of ether oxygens (including phenoxy) is 2. The van der Waals surface area contributed by atoms with E-state index in [-0.39, 0.29) is 24.4 Å². The number of carbonyl (C=O) groups is 3. The van der Waals surface area contributed by atoms with E-state index in [9.17, 15) is 14.4 Å². The van der Waals surface area contributed by atoms with Crippen LogP contribution in [0.2, 0.25) is 0 Å². The van der Waals surface area contributed by atoms with Crippen LogP contribution in [-0.4, -0.2) is 40.5 Å². The van der Waals surface area contributed by atoms with Gasteiger partial charge in [-0.1, -0.05) is 12.1 Å². The number of benzene rings is 1. The molecular weight excluding hydrogens is 424 g/mol. The quantitative estimate of drug-likeness (QED) is 0.310. The van der Waals surface area contributed by atoms with Crippen molar-refractivity contribution in [3.05, 3.63) is 64.7 Å². The second-order valence-corrected chi connectivity index (χ2v) is 7.80. The van der Waals surface area contributed by atoms with Gasteiger partial charge in [0.2, 0.25) is 5.78 Å². The molecule has 1 aromatic carbocycles. The van der Waals surface area contributed by atoms with Gasteiger partial charge in [0.05, 0.1) is 13.0 Å². The molecule has 0 bridgehead atoms. The molecule has 33 heavy (non-hydrogen) atoms. The van der Waals surface area contributed by atoms with Crippen LogP contribution in [0.1, 0.15) is 64.1 Å². The molecule has 8 heteroatoms. The van der Waals surface area contributed by atoms with Gasteiger partial charge in [0, 0.05) is 35.0 Å². The number of ketones is 2. The van der Waals surface area contributed by atoms with E-state index >= 15 is 0 Å². The van der Waals surface area contributed by atoms with Crippen molar-refractivity contribution in [1.82, 2.24) is 9.72 Å². The van der Waals surface area contributed by atoms with Gasteiger partial charge in [-0.3, -0.25) is 19.0 Å². The first-order chi connectivity index (χ1) is 15.8. The first-order valence-corrected chi connectivity index (χ1v) is 10.9. The Kier molecular flexibility index (Phi) is 7.82. The maximum absolute atomic E-state index is 12.6. The Morgan fingerprint density at radius 1 is 1.00 bits per heavy atom. The number of esters is 1. The van der Waals surface area contributed by atoms with Gasteiger partial charge in [-0.25, -0.2) is 0 Å². The molecule has 0 saturated heterocycles. The van der Waals surface area contributed by atoms with E-state index in [0.29, 0.717) is 40.8 Å². The maximum atomic E-state index is 12.6. The van der Waals surface area contributed by atoms with Crippen LogP contribution in [0.5, 0.6) is 5.75 Å². The van der Waals surface area contributed by atoms with Crippen LogP contribution in [0.15, 0.2) is 40.9 Å². The number of aryl methyl sites for hydroxylation is 2. The molecule has 0 aliphatic rings. The monoisotopic (exact) mass is 452 g/mol. The fourth-order valence-electron chi connectivity index (χ4n) is 3.47. The molecule has 0 fully saturated rings. The normalized spacial score (nSPS) is 10.8. The van der Waals surface area contributed by atoms with Gasteiger partial charge in [-0.15, -0.1) is 0 Å². The van der Waals surface area contributed by atoms with Crippen LogP contribution < -0.4 is 4.74 Å². The van der Waals surface area contributed by atoms with Gasteiger partial charge < -0.3 is 14.0 Å². The highest BCUT2D eigenvalue weighted by Crippen LogP contribution is 2.21. The average Bonchev–Trinajstić information content (AvgIpc) is 3.36. The topological polar surface area (TPSA) is 101 Å². The average molecular weight is 453 g/mol. The first-order valence-electron chi connectivity index (χ1n) is 10.9. The summed E-state index contributed by atoms with van der Waals surface area (Å²) >= 11 is 0. The predicted octanol–water partition coefficient (Wildman–Crippen LogP) is 4.57. The van der Waals surface area contributed by atoms with E-state index in [1.54, 1.807) is 50.2 Å². The van der Waals surface area contributed by atoms with E-state index in [4.69, 9.17) is 14.0 Å². The predicted molar refractivity (Wildman–Crippen MR) is 121 cm³/mol. The second kappa shape index (κ2) is 10.8. The molecule has 0 aliphatic heterocycles. The number of rotatable bonds is 11. The standard InChI is InChI=1S/C25H28N2O6/c1-5-12-31-20-8-6-19(7-9-20)22(28)10-11-25(30)32-15-23(29)21-13-16(2)27(18(21)4)24-14-17(3)33-26-24/h6-9,13-14H,5,10-12,15H2,1-4H3. The van der Waals surface area contributed by atoms with Crippen LogP contribution in [-0.2, 0) is 9.53 Å². The van der Waals surface area contributed by atoms with Gasteiger partial charge >= 0.3 is 5.97 Å². The van der Waals surface area contributed by atoms with Gasteiger partial charge in [0.15, 0.2) is 18.2 Å². The number of hydrogen-bond acceptors (Lipinski definition) is 7. The van der Waals surface area contributed by atoms with E-state index in [1.165, 1.54) is 0 Å². The van der Waals surface area contributed by atoms with Crippen molar-refractivity contribution in [2.75, 3.05) is 13.2 Å². The molecule has 0 saturated carbocycles. The van der Waals surface area contributed by atoms with Crippen molar-refractivity contribution in [1.29, 1.82) is 0 Å². The molecule has 2 heterocycles. The largest absolute Gasteiger partial charge is 0.494 e. The lowest BCUT2D eigenvalue weighted by atomic mass is 10.1. The summed E-state index contributed by atoms with van der Waals surface area (Å²) in [4.78, 5) is 37.0. The summed E-state index contributed by atoms with van der Waals surface area (Å²) in [7, 11) is 0. The lowest BCUT2D eigenvalue weighted by Crippen LogP contribution is -2.15. The highest BCUT2D eigenvalue weighted by Gasteiger charge is 2.20. The number of aromatic nitrogens is 2. The summed E-state index contributed by atoms with van der Waals surface area (Å²) < 4.78 is 17.5. The zero-order chi connectivity index (χ0) is 24.0. The van der Waals surface area contributed by atoms with Crippen LogP contribution in [0.4, 0.5) is 0 Å². The highest BCUT2D eigenvalue weighted by atomic mass is 16.5. The molecule has 3 aromatic rings. The van der Waals surface area contributed by atoms with Crippen LogP contribution in [0.25, 0.3) is 5.82 Å². The van der Waals surface area contributed by atoms with Crippen molar-refractivity contribution in [2.24, 2.45) is 0 Å².